The molecule has 1 rings (SSSR count). The highest BCUT2D eigenvalue weighted by Crippen LogP contribution is 2.20. The van der Waals surface area contributed by atoms with Crippen LogP contribution in [0.4, 0.5) is 0 Å². The van der Waals surface area contributed by atoms with Gasteiger partial charge < -0.3 is 11.1 Å². The van der Waals surface area contributed by atoms with Crippen LogP contribution < -0.4 is 15.6 Å². The fourth-order valence-corrected chi connectivity index (χ4v) is 4.06. The maximum Gasteiger partial charge on any atom is 0.239 e. The lowest BCUT2D eigenvalue weighted by Crippen LogP contribution is -2.45. The number of nitrogens with two attached hydrogens (primary N) is 1. The van der Waals surface area contributed by atoms with Crippen molar-refractivity contribution >= 4 is 11.8 Å². The van der Waals surface area contributed by atoms with Gasteiger partial charge in [0.15, 0.2) is 11.4 Å². The highest BCUT2D eigenvalue weighted by atomic mass is 16.2. The minimum absolute atomic E-state index is 0.217. The van der Waals surface area contributed by atoms with Gasteiger partial charge >= 0.3 is 0 Å². The molecule has 0 fully saturated rings. The molecule has 5 heteroatoms. The molecule has 0 aliphatic heterocycles. The lowest BCUT2D eigenvalue weighted by molar-refractivity contribution is -0.712. The number of primary amides is 1. The average molecular weight is 363 g/mol. The Balaban J connectivity index is 2.93. The lowest BCUT2D eigenvalue weighted by Gasteiger charge is -2.17. The van der Waals surface area contributed by atoms with Gasteiger partial charge in [0.2, 0.25) is 11.8 Å². The number of pyridine rings is 1. The minimum atomic E-state index is -0.570. The lowest BCUT2D eigenvalue weighted by atomic mass is 9.95. The van der Waals surface area contributed by atoms with E-state index in [9.17, 15) is 9.59 Å². The van der Waals surface area contributed by atoms with Crippen LogP contribution in [0, 0.1) is 13.8 Å². The van der Waals surface area contributed by atoms with Gasteiger partial charge in [-0.3, -0.25) is 9.59 Å². The normalized spacial score (nSPS) is 12.1. The number of aromatic nitrogens is 1. The Bertz CT molecular complexity index is 622. The number of carbonyl (C=O) groups is 2. The summed E-state index contributed by atoms with van der Waals surface area (Å²) < 4.78 is 2.47. The molecule has 1 heterocycles. The fourth-order valence-electron chi connectivity index (χ4n) is 4.06. The first-order valence-electron chi connectivity index (χ1n) is 9.88. The van der Waals surface area contributed by atoms with E-state index in [4.69, 9.17) is 5.73 Å². The summed E-state index contributed by atoms with van der Waals surface area (Å²) in [6.45, 7) is 13.5. The molecule has 146 valence electrons. The summed E-state index contributed by atoms with van der Waals surface area (Å²) in [7, 11) is 0. The molecule has 1 aromatic rings. The Kier molecular flexibility index (Phi) is 8.76. The molecular formula is C21H36N3O2+. The quantitative estimate of drug-likeness (QED) is 0.495. The molecule has 1 aromatic heterocycles. The van der Waals surface area contributed by atoms with Crippen molar-refractivity contribution in [1.82, 2.24) is 5.32 Å². The van der Waals surface area contributed by atoms with Gasteiger partial charge in [0.25, 0.3) is 0 Å². The highest BCUT2D eigenvalue weighted by molar-refractivity contribution is 5.85. The number of hydrogen-bond acceptors (Lipinski definition) is 2. The van der Waals surface area contributed by atoms with Gasteiger partial charge in [-0.25, -0.2) is 0 Å². The monoisotopic (exact) mass is 362 g/mol. The molecule has 0 radical (unpaired) electrons. The zero-order valence-corrected chi connectivity index (χ0v) is 17.4. The summed E-state index contributed by atoms with van der Waals surface area (Å²) in [5, 5.41) is 2.64. The Morgan fingerprint density at radius 1 is 1.00 bits per heavy atom. The van der Waals surface area contributed by atoms with E-state index in [1.165, 1.54) is 35.0 Å². The summed E-state index contributed by atoms with van der Waals surface area (Å²) in [6, 6.07) is -0.570. The topological polar surface area (TPSA) is 76.1 Å². The van der Waals surface area contributed by atoms with Gasteiger partial charge in [-0.05, 0) is 38.7 Å². The molecule has 2 amide bonds. The zero-order chi connectivity index (χ0) is 19.9. The number of hydrogen-bond donors (Lipinski definition) is 2. The van der Waals surface area contributed by atoms with Gasteiger partial charge in [-0.15, -0.1) is 0 Å². The molecule has 0 saturated carbocycles. The Hall–Kier alpha value is -1.91. The van der Waals surface area contributed by atoms with Gasteiger partial charge in [0.05, 0.1) is 0 Å². The van der Waals surface area contributed by atoms with Crippen LogP contribution in [0.2, 0.25) is 0 Å². The average Bonchev–Trinajstić information content (AvgIpc) is 2.57. The number of unbranched alkanes of at least 4 members (excludes halogenated alkanes) is 1. The van der Waals surface area contributed by atoms with Crippen molar-refractivity contribution in [2.24, 2.45) is 5.73 Å². The second-order valence-corrected chi connectivity index (χ2v) is 6.99. The molecule has 26 heavy (non-hydrogen) atoms. The Morgan fingerprint density at radius 3 is 1.92 bits per heavy atom. The highest BCUT2D eigenvalue weighted by Gasteiger charge is 2.24. The maximum atomic E-state index is 11.5. The molecular weight excluding hydrogens is 326 g/mol. The fraction of sp³-hybridized carbons (Fsp3) is 0.667. The predicted octanol–water partition coefficient (Wildman–Crippen LogP) is 2.44. The number of rotatable bonds is 10. The van der Waals surface area contributed by atoms with Crippen molar-refractivity contribution in [1.29, 1.82) is 0 Å². The summed E-state index contributed by atoms with van der Waals surface area (Å²) in [6.07, 6.45) is 5.49. The van der Waals surface area contributed by atoms with Crippen molar-refractivity contribution in [2.45, 2.75) is 92.7 Å². The number of carbonyl (C=O) groups excluding carboxylic acids is 2. The second kappa shape index (κ2) is 10.3. The molecule has 0 aliphatic carbocycles. The van der Waals surface area contributed by atoms with Gasteiger partial charge in [0.1, 0.15) is 12.6 Å². The van der Waals surface area contributed by atoms with E-state index in [1.807, 2.05) is 0 Å². The molecule has 0 saturated heterocycles. The van der Waals surface area contributed by atoms with Crippen molar-refractivity contribution in [3.05, 3.63) is 28.1 Å². The van der Waals surface area contributed by atoms with Gasteiger partial charge in [-0.1, -0.05) is 20.8 Å². The van der Waals surface area contributed by atoms with Crippen LogP contribution in [-0.4, -0.2) is 17.9 Å². The third-order valence-electron chi connectivity index (χ3n) is 5.29. The van der Waals surface area contributed by atoms with E-state index < -0.39 is 11.9 Å². The largest absolute Gasteiger partial charge is 0.368 e. The molecule has 0 spiro atoms. The standard InChI is InChI=1S/C21H35N3O2/c1-7-17-14(4)19(8-2)24(20(9-3)15(17)5)13-11-10-12-18(21(22)26)23-16(6)25/h18H,7-13H2,1-6H3,(H2-,22,23,25,26)/p+1. The number of amides is 2. The third-order valence-corrected chi connectivity index (χ3v) is 5.29. The van der Waals surface area contributed by atoms with E-state index in [0.717, 1.165) is 38.6 Å². The van der Waals surface area contributed by atoms with Crippen molar-refractivity contribution in [2.75, 3.05) is 0 Å². The van der Waals surface area contributed by atoms with Crippen LogP contribution >= 0.6 is 0 Å². The number of nitrogens with zero attached hydrogens (tertiary/aromatic N) is 1. The molecule has 0 bridgehead atoms. The van der Waals surface area contributed by atoms with E-state index in [-0.39, 0.29) is 5.91 Å². The SMILES string of the molecule is CCc1c(C)c(CC)[n+](CCCCC(NC(C)=O)C(N)=O)c(CC)c1C. The van der Waals surface area contributed by atoms with Gasteiger partial charge in [-0.2, -0.15) is 4.57 Å². The van der Waals surface area contributed by atoms with Crippen LogP contribution in [-0.2, 0) is 35.4 Å². The molecule has 5 nitrogen and oxygen atoms in total. The Labute approximate surface area is 158 Å². The van der Waals surface area contributed by atoms with Crippen LogP contribution in [0.1, 0.15) is 75.0 Å². The molecule has 3 N–H and O–H groups in total. The minimum Gasteiger partial charge on any atom is -0.368 e. The van der Waals surface area contributed by atoms with Crippen molar-refractivity contribution in [3.63, 3.8) is 0 Å². The first-order chi connectivity index (χ1) is 12.3. The summed E-state index contributed by atoms with van der Waals surface area (Å²) >= 11 is 0. The van der Waals surface area contributed by atoms with Crippen molar-refractivity contribution in [3.8, 4) is 0 Å². The summed E-state index contributed by atoms with van der Waals surface area (Å²) in [5.74, 6) is -0.679. The summed E-state index contributed by atoms with van der Waals surface area (Å²) in [5.41, 5.74) is 12.5. The Morgan fingerprint density at radius 2 is 1.54 bits per heavy atom. The van der Waals surface area contributed by atoms with E-state index in [0.29, 0.717) is 6.42 Å². The molecule has 1 unspecified atom stereocenters. The molecule has 0 aromatic carbocycles. The van der Waals surface area contributed by atoms with Crippen molar-refractivity contribution < 1.29 is 14.2 Å². The van der Waals surface area contributed by atoms with Crippen LogP contribution in [0.25, 0.3) is 0 Å². The molecule has 1 atom stereocenters. The van der Waals surface area contributed by atoms with E-state index in [2.05, 4.69) is 44.5 Å². The first-order valence-corrected chi connectivity index (χ1v) is 9.88. The smallest absolute Gasteiger partial charge is 0.239 e. The first kappa shape index (κ1) is 22.1. The van der Waals surface area contributed by atoms with Crippen LogP contribution in [0.5, 0.6) is 0 Å². The van der Waals surface area contributed by atoms with Gasteiger partial charge in [0, 0.05) is 37.3 Å². The summed E-state index contributed by atoms with van der Waals surface area (Å²) in [4.78, 5) is 22.7. The van der Waals surface area contributed by atoms with Crippen LogP contribution in [0.3, 0.4) is 0 Å². The molecule has 0 aliphatic rings. The van der Waals surface area contributed by atoms with E-state index >= 15 is 0 Å². The number of nitrogens with one attached hydrogen (secondary N) is 1. The zero-order valence-electron chi connectivity index (χ0n) is 17.4. The maximum absolute atomic E-state index is 11.5. The third kappa shape index (κ3) is 5.29. The van der Waals surface area contributed by atoms with E-state index in [1.54, 1.807) is 0 Å². The predicted molar refractivity (Wildman–Crippen MR) is 105 cm³/mol. The van der Waals surface area contributed by atoms with Crippen LogP contribution in [0.15, 0.2) is 0 Å². The second-order valence-electron chi connectivity index (χ2n) is 6.99.